The molecule has 1 aliphatic rings. The summed E-state index contributed by atoms with van der Waals surface area (Å²) in [5, 5.41) is 11.4. The number of nitrogens with two attached hydrogens (primary N) is 1. The second-order valence-corrected chi connectivity index (χ2v) is 6.98. The number of hydrogen-bond donors (Lipinski definition) is 3. The van der Waals surface area contributed by atoms with Crippen LogP contribution in [0.15, 0.2) is 11.3 Å². The van der Waals surface area contributed by atoms with Crippen LogP contribution in [-0.4, -0.2) is 18.3 Å². The first kappa shape index (κ1) is 16.2. The Morgan fingerprint density at radius 3 is 2.47 bits per heavy atom. The lowest BCUT2D eigenvalue weighted by Gasteiger charge is -2.39. The summed E-state index contributed by atoms with van der Waals surface area (Å²) in [5.74, 6) is 0.733. The topological polar surface area (TPSA) is 61.9 Å². The highest BCUT2D eigenvalue weighted by Crippen LogP contribution is 2.38. The number of rotatable bonds is 5. The zero-order chi connectivity index (χ0) is 14.6. The minimum Gasteiger partial charge on any atom is -0.402 e. The molecule has 0 aliphatic heterocycles. The molecule has 0 amide bonds. The Hall–Kier alpha value is -0.830. The van der Waals surface area contributed by atoms with E-state index < -0.39 is 0 Å². The lowest BCUT2D eigenvalue weighted by Crippen LogP contribution is -2.42. The van der Waals surface area contributed by atoms with E-state index in [2.05, 4.69) is 26.1 Å². The van der Waals surface area contributed by atoms with E-state index in [0.717, 1.165) is 30.2 Å². The van der Waals surface area contributed by atoms with Crippen LogP contribution in [0.1, 0.15) is 60.3 Å². The molecule has 110 valence electrons. The van der Waals surface area contributed by atoms with Gasteiger partial charge in [0, 0.05) is 17.5 Å². The van der Waals surface area contributed by atoms with Gasteiger partial charge in [-0.3, -0.25) is 0 Å². The predicted molar refractivity (Wildman–Crippen MR) is 83.5 cm³/mol. The van der Waals surface area contributed by atoms with Gasteiger partial charge in [0.1, 0.15) is 0 Å². The molecule has 1 fully saturated rings. The number of hydrogen-bond acceptors (Lipinski definition) is 3. The molecule has 1 rings (SSSR count). The lowest BCUT2D eigenvalue weighted by molar-refractivity contribution is 0.149. The average molecular weight is 265 g/mol. The van der Waals surface area contributed by atoms with Crippen molar-refractivity contribution >= 4 is 5.71 Å². The van der Waals surface area contributed by atoms with Gasteiger partial charge in [-0.05, 0) is 63.0 Å². The van der Waals surface area contributed by atoms with Crippen molar-refractivity contribution in [3.63, 3.8) is 0 Å². The van der Waals surface area contributed by atoms with Crippen molar-refractivity contribution < 1.29 is 0 Å². The van der Waals surface area contributed by atoms with Crippen LogP contribution >= 0.6 is 0 Å². The van der Waals surface area contributed by atoms with Gasteiger partial charge in [0.05, 0.1) is 0 Å². The molecule has 3 heteroatoms. The molecule has 0 heterocycles. The van der Waals surface area contributed by atoms with Gasteiger partial charge in [-0.25, -0.2) is 0 Å². The highest BCUT2D eigenvalue weighted by Gasteiger charge is 2.31. The Labute approximate surface area is 118 Å². The third kappa shape index (κ3) is 4.98. The zero-order valence-corrected chi connectivity index (χ0v) is 13.3. The maximum atomic E-state index is 7.73. The summed E-state index contributed by atoms with van der Waals surface area (Å²) in [6, 6.07) is 0.624. The first-order valence-electron chi connectivity index (χ1n) is 7.47. The minimum atomic E-state index is 0.502. The van der Waals surface area contributed by atoms with Crippen LogP contribution in [0.3, 0.4) is 0 Å². The van der Waals surface area contributed by atoms with Gasteiger partial charge in [-0.1, -0.05) is 20.8 Å². The summed E-state index contributed by atoms with van der Waals surface area (Å²) in [7, 11) is 0. The predicted octanol–water partition coefficient (Wildman–Crippen LogP) is 3.45. The van der Waals surface area contributed by atoms with Gasteiger partial charge in [-0.15, -0.1) is 0 Å². The van der Waals surface area contributed by atoms with E-state index in [4.69, 9.17) is 11.1 Å². The number of nitrogens with one attached hydrogen (secondary N) is 2. The summed E-state index contributed by atoms with van der Waals surface area (Å²) in [6.07, 6.45) is 4.73. The molecule has 0 bridgehead atoms. The standard InChI is InChI=1S/C16H31N3/c1-11-10-16(4,5)8-6-15(11)19-9-7-14(12(2)17)13(3)18/h11,15,17,19H,6-10,18H2,1-5H3/b14-13-,17-12?. The van der Waals surface area contributed by atoms with E-state index >= 15 is 0 Å². The van der Waals surface area contributed by atoms with Gasteiger partial charge < -0.3 is 16.5 Å². The van der Waals surface area contributed by atoms with Crippen molar-refractivity contribution in [2.45, 2.75) is 66.3 Å². The first-order chi connectivity index (χ1) is 8.73. The smallest absolute Gasteiger partial charge is 0.0332 e. The van der Waals surface area contributed by atoms with Crippen LogP contribution in [0, 0.1) is 16.7 Å². The van der Waals surface area contributed by atoms with Crippen molar-refractivity contribution in [1.29, 1.82) is 5.41 Å². The monoisotopic (exact) mass is 265 g/mol. The van der Waals surface area contributed by atoms with Gasteiger partial charge in [0.2, 0.25) is 0 Å². The van der Waals surface area contributed by atoms with Crippen LogP contribution in [0.4, 0.5) is 0 Å². The molecule has 2 atom stereocenters. The van der Waals surface area contributed by atoms with E-state index in [1.165, 1.54) is 19.3 Å². The molecule has 4 N–H and O–H groups in total. The normalized spacial score (nSPS) is 27.8. The lowest BCUT2D eigenvalue weighted by atomic mass is 9.70. The van der Waals surface area contributed by atoms with E-state index in [1.807, 2.05) is 13.8 Å². The number of allylic oxidation sites excluding steroid dienone is 1. The third-order valence-corrected chi connectivity index (χ3v) is 4.40. The van der Waals surface area contributed by atoms with Crippen LogP contribution in [0.5, 0.6) is 0 Å². The quantitative estimate of drug-likeness (QED) is 0.667. The molecule has 2 unspecified atom stereocenters. The SMILES string of the molecule is CC(=N)/C(CCNC1CCC(C)(C)CC1C)=C(/C)N. The Bertz CT molecular complexity index is 351. The Morgan fingerprint density at radius 1 is 1.37 bits per heavy atom. The zero-order valence-electron chi connectivity index (χ0n) is 13.3. The molecule has 3 nitrogen and oxygen atoms in total. The van der Waals surface area contributed by atoms with Crippen molar-refractivity contribution in [2.24, 2.45) is 17.1 Å². The Balaban J connectivity index is 2.42. The van der Waals surface area contributed by atoms with E-state index in [-0.39, 0.29) is 0 Å². The third-order valence-electron chi connectivity index (χ3n) is 4.40. The molecule has 0 radical (unpaired) electrons. The van der Waals surface area contributed by atoms with Crippen molar-refractivity contribution in [1.82, 2.24) is 5.32 Å². The summed E-state index contributed by atoms with van der Waals surface area (Å²) < 4.78 is 0. The maximum absolute atomic E-state index is 7.73. The van der Waals surface area contributed by atoms with Crippen molar-refractivity contribution in [2.75, 3.05) is 6.54 Å². The molecular weight excluding hydrogens is 234 g/mol. The maximum Gasteiger partial charge on any atom is 0.0332 e. The highest BCUT2D eigenvalue weighted by molar-refractivity contribution is 5.96. The van der Waals surface area contributed by atoms with Gasteiger partial charge in [0.15, 0.2) is 0 Å². The largest absolute Gasteiger partial charge is 0.402 e. The highest BCUT2D eigenvalue weighted by atomic mass is 14.9. The molecule has 1 saturated carbocycles. The Morgan fingerprint density at radius 2 is 2.00 bits per heavy atom. The second kappa shape index (κ2) is 6.56. The molecule has 0 aromatic rings. The first-order valence-corrected chi connectivity index (χ1v) is 7.47. The van der Waals surface area contributed by atoms with E-state index in [9.17, 15) is 0 Å². The molecule has 0 saturated heterocycles. The van der Waals surface area contributed by atoms with Crippen LogP contribution < -0.4 is 11.1 Å². The van der Waals surface area contributed by atoms with E-state index in [1.54, 1.807) is 0 Å². The average Bonchev–Trinajstić information content (AvgIpc) is 2.24. The Kier molecular flexibility index (Phi) is 5.60. The van der Waals surface area contributed by atoms with Crippen LogP contribution in [0.25, 0.3) is 0 Å². The fourth-order valence-corrected chi connectivity index (χ4v) is 3.31. The van der Waals surface area contributed by atoms with Crippen LogP contribution in [0.2, 0.25) is 0 Å². The summed E-state index contributed by atoms with van der Waals surface area (Å²) in [5.41, 5.74) is 8.71. The minimum absolute atomic E-state index is 0.502. The van der Waals surface area contributed by atoms with Crippen molar-refractivity contribution in [3.05, 3.63) is 11.3 Å². The molecule has 1 aliphatic carbocycles. The summed E-state index contributed by atoms with van der Waals surface area (Å²) in [4.78, 5) is 0. The molecule has 0 aromatic carbocycles. The van der Waals surface area contributed by atoms with Gasteiger partial charge in [0.25, 0.3) is 0 Å². The fraction of sp³-hybridized carbons (Fsp3) is 0.812. The van der Waals surface area contributed by atoms with E-state index in [0.29, 0.717) is 17.2 Å². The van der Waals surface area contributed by atoms with Crippen LogP contribution in [-0.2, 0) is 0 Å². The van der Waals surface area contributed by atoms with Crippen molar-refractivity contribution in [3.8, 4) is 0 Å². The molecule has 0 spiro atoms. The molecular formula is C16H31N3. The summed E-state index contributed by atoms with van der Waals surface area (Å²) in [6.45, 7) is 11.7. The van der Waals surface area contributed by atoms with Gasteiger partial charge in [-0.2, -0.15) is 0 Å². The fourth-order valence-electron chi connectivity index (χ4n) is 3.31. The van der Waals surface area contributed by atoms with Gasteiger partial charge >= 0.3 is 0 Å². The molecule has 0 aromatic heterocycles. The summed E-state index contributed by atoms with van der Waals surface area (Å²) >= 11 is 0. The molecule has 19 heavy (non-hydrogen) atoms. The second-order valence-electron chi connectivity index (χ2n) is 6.98.